The Morgan fingerprint density at radius 3 is 2.65 bits per heavy atom. The molecule has 0 aliphatic carbocycles. The molecule has 0 saturated carbocycles. The van der Waals surface area contributed by atoms with Crippen molar-refractivity contribution in [3.8, 4) is 17.0 Å². The number of benzene rings is 1. The lowest BCUT2D eigenvalue weighted by atomic mass is 10.1. The van der Waals surface area contributed by atoms with Gasteiger partial charge in [-0.2, -0.15) is 5.10 Å². The van der Waals surface area contributed by atoms with Gasteiger partial charge in [0.15, 0.2) is 5.65 Å². The Morgan fingerprint density at radius 1 is 1.15 bits per heavy atom. The fourth-order valence-corrected chi connectivity index (χ4v) is 2.05. The van der Waals surface area contributed by atoms with Crippen LogP contribution in [0.1, 0.15) is 12.6 Å². The molecule has 0 aliphatic rings. The third kappa shape index (κ3) is 2.35. The Kier molecular flexibility index (Phi) is 3.35. The van der Waals surface area contributed by atoms with Crippen LogP contribution < -0.4 is 4.74 Å². The summed E-state index contributed by atoms with van der Waals surface area (Å²) in [5, 5.41) is 13.6. The first kappa shape index (κ1) is 12.6. The number of hydrogen-bond acceptors (Lipinski definition) is 4. The zero-order valence-corrected chi connectivity index (χ0v) is 11.2. The normalized spacial score (nSPS) is 10.9. The molecule has 102 valence electrons. The van der Waals surface area contributed by atoms with E-state index in [9.17, 15) is 0 Å². The Balaban J connectivity index is 1.96. The van der Waals surface area contributed by atoms with Gasteiger partial charge >= 0.3 is 0 Å². The van der Waals surface area contributed by atoms with Crippen molar-refractivity contribution in [3.63, 3.8) is 0 Å². The van der Waals surface area contributed by atoms with E-state index < -0.39 is 0 Å². The van der Waals surface area contributed by atoms with E-state index in [0.717, 1.165) is 22.7 Å². The van der Waals surface area contributed by atoms with E-state index in [1.165, 1.54) is 0 Å². The maximum atomic E-state index is 9.09. The van der Waals surface area contributed by atoms with E-state index in [1.54, 1.807) is 10.7 Å². The van der Waals surface area contributed by atoms with Crippen LogP contribution in [0.2, 0.25) is 0 Å². The van der Waals surface area contributed by atoms with Crippen molar-refractivity contribution >= 4 is 5.65 Å². The number of fused-ring (bicyclic) bond motifs is 1. The second kappa shape index (κ2) is 5.30. The van der Waals surface area contributed by atoms with E-state index in [4.69, 9.17) is 9.84 Å². The minimum absolute atomic E-state index is 0.0816. The predicted molar refractivity (Wildman–Crippen MR) is 75.5 cm³/mol. The van der Waals surface area contributed by atoms with E-state index in [-0.39, 0.29) is 6.61 Å². The lowest BCUT2D eigenvalue weighted by molar-refractivity contribution is 0.277. The summed E-state index contributed by atoms with van der Waals surface area (Å²) < 4.78 is 7.10. The predicted octanol–water partition coefficient (Wildman–Crippen LogP) is 2.29. The SMILES string of the molecule is CCOc1ccc(-c2ccc3nc(CO)cn3n2)cc1. The second-order valence-corrected chi connectivity index (χ2v) is 4.37. The summed E-state index contributed by atoms with van der Waals surface area (Å²) in [5.41, 5.74) is 3.20. The highest BCUT2D eigenvalue weighted by atomic mass is 16.5. The van der Waals surface area contributed by atoms with Gasteiger partial charge in [-0.15, -0.1) is 0 Å². The van der Waals surface area contributed by atoms with E-state index in [0.29, 0.717) is 12.3 Å². The quantitative estimate of drug-likeness (QED) is 0.789. The fourth-order valence-electron chi connectivity index (χ4n) is 2.05. The second-order valence-electron chi connectivity index (χ2n) is 4.37. The van der Waals surface area contributed by atoms with Crippen molar-refractivity contribution in [3.05, 3.63) is 48.3 Å². The number of aliphatic hydroxyl groups excluding tert-OH is 1. The van der Waals surface area contributed by atoms with Crippen molar-refractivity contribution in [1.29, 1.82) is 0 Å². The molecule has 0 atom stereocenters. The molecule has 2 heterocycles. The summed E-state index contributed by atoms with van der Waals surface area (Å²) in [6, 6.07) is 11.6. The molecule has 0 saturated heterocycles. The number of rotatable bonds is 4. The standard InChI is InChI=1S/C15H15N3O2/c1-2-20-13-5-3-11(4-6-13)14-7-8-15-16-12(10-19)9-18(15)17-14/h3-9,19H,2,10H2,1H3. The summed E-state index contributed by atoms with van der Waals surface area (Å²) in [7, 11) is 0. The molecule has 0 fully saturated rings. The molecule has 5 nitrogen and oxygen atoms in total. The summed E-state index contributed by atoms with van der Waals surface area (Å²) in [6.07, 6.45) is 1.73. The number of hydrogen-bond donors (Lipinski definition) is 1. The van der Waals surface area contributed by atoms with Crippen molar-refractivity contribution < 1.29 is 9.84 Å². The van der Waals surface area contributed by atoms with Gasteiger partial charge in [0.1, 0.15) is 5.75 Å². The first-order chi connectivity index (χ1) is 9.80. The van der Waals surface area contributed by atoms with Crippen LogP contribution in [0.3, 0.4) is 0 Å². The van der Waals surface area contributed by atoms with Crippen LogP contribution in [-0.4, -0.2) is 26.3 Å². The smallest absolute Gasteiger partial charge is 0.153 e. The lowest BCUT2D eigenvalue weighted by Crippen LogP contribution is -1.94. The molecular weight excluding hydrogens is 254 g/mol. The average Bonchev–Trinajstić information content (AvgIpc) is 2.90. The molecule has 2 aromatic heterocycles. The summed E-state index contributed by atoms with van der Waals surface area (Å²) >= 11 is 0. The van der Waals surface area contributed by atoms with Gasteiger partial charge in [-0.25, -0.2) is 9.50 Å². The minimum atomic E-state index is -0.0816. The molecule has 0 unspecified atom stereocenters. The highest BCUT2D eigenvalue weighted by Gasteiger charge is 2.05. The van der Waals surface area contributed by atoms with Crippen LogP contribution in [0, 0.1) is 0 Å². The molecule has 0 aliphatic heterocycles. The van der Waals surface area contributed by atoms with Crippen LogP contribution in [-0.2, 0) is 6.61 Å². The Morgan fingerprint density at radius 2 is 1.95 bits per heavy atom. The molecule has 0 spiro atoms. The van der Waals surface area contributed by atoms with Gasteiger partial charge in [0.05, 0.1) is 30.8 Å². The monoisotopic (exact) mass is 269 g/mol. The molecule has 3 aromatic rings. The van der Waals surface area contributed by atoms with Crippen molar-refractivity contribution in [2.45, 2.75) is 13.5 Å². The molecule has 5 heteroatoms. The van der Waals surface area contributed by atoms with Gasteiger partial charge < -0.3 is 9.84 Å². The zero-order valence-electron chi connectivity index (χ0n) is 11.2. The topological polar surface area (TPSA) is 59.7 Å². The molecule has 20 heavy (non-hydrogen) atoms. The highest BCUT2D eigenvalue weighted by molar-refractivity contribution is 5.61. The minimum Gasteiger partial charge on any atom is -0.494 e. The van der Waals surface area contributed by atoms with Gasteiger partial charge in [0.2, 0.25) is 0 Å². The van der Waals surface area contributed by atoms with Crippen molar-refractivity contribution in [2.75, 3.05) is 6.61 Å². The summed E-state index contributed by atoms with van der Waals surface area (Å²) in [4.78, 5) is 4.23. The van der Waals surface area contributed by atoms with Crippen LogP contribution >= 0.6 is 0 Å². The van der Waals surface area contributed by atoms with Gasteiger partial charge in [-0.05, 0) is 43.3 Å². The fraction of sp³-hybridized carbons (Fsp3) is 0.200. The van der Waals surface area contributed by atoms with Crippen molar-refractivity contribution in [1.82, 2.24) is 14.6 Å². The van der Waals surface area contributed by atoms with E-state index >= 15 is 0 Å². The molecule has 1 aromatic carbocycles. The lowest BCUT2D eigenvalue weighted by Gasteiger charge is -2.05. The first-order valence-electron chi connectivity index (χ1n) is 6.49. The molecule has 1 N–H and O–H groups in total. The Labute approximate surface area is 116 Å². The molecule has 0 amide bonds. The van der Waals surface area contributed by atoms with Gasteiger partial charge in [0.25, 0.3) is 0 Å². The number of imidazole rings is 1. The van der Waals surface area contributed by atoms with Crippen LogP contribution in [0.4, 0.5) is 0 Å². The number of ether oxygens (including phenoxy) is 1. The molecule has 3 rings (SSSR count). The molecule has 0 radical (unpaired) electrons. The van der Waals surface area contributed by atoms with E-state index in [2.05, 4.69) is 10.1 Å². The third-order valence-electron chi connectivity index (χ3n) is 2.99. The van der Waals surface area contributed by atoms with Gasteiger partial charge in [-0.1, -0.05) is 0 Å². The van der Waals surface area contributed by atoms with Gasteiger partial charge in [-0.3, -0.25) is 0 Å². The highest BCUT2D eigenvalue weighted by Crippen LogP contribution is 2.21. The van der Waals surface area contributed by atoms with Crippen LogP contribution in [0.5, 0.6) is 5.75 Å². The van der Waals surface area contributed by atoms with Gasteiger partial charge in [0, 0.05) is 5.56 Å². The summed E-state index contributed by atoms with van der Waals surface area (Å²) in [5.74, 6) is 0.850. The Hall–Kier alpha value is -2.40. The Bertz CT molecular complexity index is 720. The number of aromatic nitrogens is 3. The maximum Gasteiger partial charge on any atom is 0.153 e. The van der Waals surface area contributed by atoms with Crippen LogP contribution in [0.25, 0.3) is 16.9 Å². The number of aliphatic hydroxyl groups is 1. The largest absolute Gasteiger partial charge is 0.494 e. The molecule has 0 bridgehead atoms. The first-order valence-corrected chi connectivity index (χ1v) is 6.49. The molecular formula is C15H15N3O2. The summed E-state index contributed by atoms with van der Waals surface area (Å²) in [6.45, 7) is 2.53. The third-order valence-corrected chi connectivity index (χ3v) is 2.99. The number of nitrogens with zero attached hydrogens (tertiary/aromatic N) is 3. The zero-order chi connectivity index (χ0) is 13.9. The van der Waals surface area contributed by atoms with E-state index in [1.807, 2.05) is 43.3 Å². The maximum absolute atomic E-state index is 9.09. The van der Waals surface area contributed by atoms with Crippen molar-refractivity contribution in [2.24, 2.45) is 0 Å². The average molecular weight is 269 g/mol. The van der Waals surface area contributed by atoms with Crippen LogP contribution in [0.15, 0.2) is 42.6 Å².